The van der Waals surface area contributed by atoms with E-state index in [4.69, 9.17) is 5.73 Å². The van der Waals surface area contributed by atoms with Crippen LogP contribution in [0.3, 0.4) is 0 Å². The fourth-order valence-corrected chi connectivity index (χ4v) is 3.01. The highest BCUT2D eigenvalue weighted by atomic mass is 35.5. The van der Waals surface area contributed by atoms with Gasteiger partial charge in [0.05, 0.1) is 5.69 Å². The maximum Gasteiger partial charge on any atom is 0.272 e. The van der Waals surface area contributed by atoms with Gasteiger partial charge < -0.3 is 11.1 Å². The molecule has 0 unspecified atom stereocenters. The van der Waals surface area contributed by atoms with Gasteiger partial charge in [0.2, 0.25) is 0 Å². The molecule has 8 heteroatoms. The van der Waals surface area contributed by atoms with Crippen LogP contribution in [0.1, 0.15) is 41.0 Å². The van der Waals surface area contributed by atoms with Crippen LogP contribution in [-0.2, 0) is 12.8 Å². The van der Waals surface area contributed by atoms with E-state index in [2.05, 4.69) is 10.4 Å². The molecule has 1 aliphatic rings. The van der Waals surface area contributed by atoms with E-state index in [1.165, 1.54) is 6.07 Å². The third-order valence-corrected chi connectivity index (χ3v) is 4.21. The molecule has 2 aromatic rings. The van der Waals surface area contributed by atoms with E-state index in [0.717, 1.165) is 55.5 Å². The summed E-state index contributed by atoms with van der Waals surface area (Å²) in [4.78, 5) is 12.4. The first kappa shape index (κ1) is 19.3. The van der Waals surface area contributed by atoms with Crippen LogP contribution in [0.15, 0.2) is 18.2 Å². The summed E-state index contributed by atoms with van der Waals surface area (Å²) in [5.74, 6) is -2.06. The molecule has 3 N–H and O–H groups in total. The highest BCUT2D eigenvalue weighted by molar-refractivity contribution is 5.94. The van der Waals surface area contributed by atoms with Crippen molar-refractivity contribution in [2.24, 2.45) is 5.73 Å². The molecular weight excluding hydrogens is 350 g/mol. The molecule has 1 heterocycles. The number of nitrogens with two attached hydrogens (primary N) is 1. The van der Waals surface area contributed by atoms with Crippen LogP contribution in [0.25, 0.3) is 5.69 Å². The highest BCUT2D eigenvalue weighted by Gasteiger charge is 2.27. The summed E-state index contributed by atoms with van der Waals surface area (Å²) >= 11 is 0. The zero-order valence-electron chi connectivity index (χ0n) is 13.7. The molecule has 0 bridgehead atoms. The zero-order chi connectivity index (χ0) is 17.1. The predicted octanol–water partition coefficient (Wildman–Crippen LogP) is 2.53. The van der Waals surface area contributed by atoms with Crippen molar-refractivity contribution in [1.29, 1.82) is 0 Å². The number of benzene rings is 1. The van der Waals surface area contributed by atoms with Gasteiger partial charge in [-0.05, 0) is 50.8 Å². The average molecular weight is 371 g/mol. The molecule has 25 heavy (non-hydrogen) atoms. The second-order valence-corrected chi connectivity index (χ2v) is 5.89. The third-order valence-electron chi connectivity index (χ3n) is 4.21. The molecule has 0 atom stereocenters. The van der Waals surface area contributed by atoms with Gasteiger partial charge in [-0.1, -0.05) is 0 Å². The first-order valence-electron chi connectivity index (χ1n) is 8.16. The van der Waals surface area contributed by atoms with Crippen LogP contribution in [0.5, 0.6) is 0 Å². The minimum Gasteiger partial charge on any atom is -0.351 e. The number of nitrogens with one attached hydrogen (secondary N) is 1. The maximum absolute atomic E-state index is 13.5. The normalized spacial score (nSPS) is 12.6. The predicted molar refractivity (Wildman–Crippen MR) is 93.4 cm³/mol. The smallest absolute Gasteiger partial charge is 0.272 e. The molecule has 0 saturated carbocycles. The number of carbonyl (C=O) groups excluding carboxylic acids is 1. The summed E-state index contributed by atoms with van der Waals surface area (Å²) in [6, 6.07) is 3.64. The van der Waals surface area contributed by atoms with Crippen LogP contribution in [0, 0.1) is 11.6 Å². The number of unbranched alkanes of at least 4 members (excludes halogenated alkanes) is 1. The summed E-state index contributed by atoms with van der Waals surface area (Å²) in [6.45, 7) is 1.14. The standard InChI is InChI=1S/C17H20F2N4O.ClH/c18-13-7-6-11(10-14(13)19)23-15-5-3-4-12(15)16(22-23)17(24)21-9-2-1-8-20;/h6-7,10H,1-5,8-9,20H2,(H,21,24);1H. The Bertz CT molecular complexity index is 763. The Morgan fingerprint density at radius 1 is 1.24 bits per heavy atom. The van der Waals surface area contributed by atoms with Crippen molar-refractivity contribution >= 4 is 18.3 Å². The molecule has 0 aliphatic heterocycles. The van der Waals surface area contributed by atoms with Gasteiger partial charge in [0, 0.05) is 23.9 Å². The topological polar surface area (TPSA) is 72.9 Å². The molecule has 0 radical (unpaired) electrons. The molecule has 5 nitrogen and oxygen atoms in total. The number of aromatic nitrogens is 2. The van der Waals surface area contributed by atoms with Crippen molar-refractivity contribution in [3.63, 3.8) is 0 Å². The minimum atomic E-state index is -0.928. The van der Waals surface area contributed by atoms with Crippen molar-refractivity contribution < 1.29 is 13.6 Å². The number of rotatable bonds is 6. The monoisotopic (exact) mass is 370 g/mol. The third kappa shape index (κ3) is 3.99. The Labute approximate surface area is 151 Å². The summed E-state index contributed by atoms with van der Waals surface area (Å²) in [5.41, 5.74) is 8.03. The molecule has 0 saturated heterocycles. The lowest BCUT2D eigenvalue weighted by molar-refractivity contribution is 0.0946. The fourth-order valence-electron chi connectivity index (χ4n) is 3.01. The van der Waals surface area contributed by atoms with Crippen LogP contribution in [-0.4, -0.2) is 28.8 Å². The van der Waals surface area contributed by atoms with Crippen LogP contribution in [0.4, 0.5) is 8.78 Å². The largest absolute Gasteiger partial charge is 0.351 e. The first-order valence-corrected chi connectivity index (χ1v) is 8.16. The Balaban J connectivity index is 0.00000225. The van der Waals surface area contributed by atoms with E-state index < -0.39 is 11.6 Å². The molecule has 0 fully saturated rings. The Kier molecular flexibility index (Phi) is 6.50. The Morgan fingerprint density at radius 2 is 2.04 bits per heavy atom. The first-order chi connectivity index (χ1) is 11.6. The van der Waals surface area contributed by atoms with Crippen molar-refractivity contribution in [1.82, 2.24) is 15.1 Å². The number of halogens is 3. The minimum absolute atomic E-state index is 0. The van der Waals surface area contributed by atoms with E-state index in [0.29, 0.717) is 24.5 Å². The summed E-state index contributed by atoms with van der Waals surface area (Å²) in [6.07, 6.45) is 4.12. The van der Waals surface area contributed by atoms with Crippen LogP contribution in [0.2, 0.25) is 0 Å². The molecule has 1 aromatic carbocycles. The SMILES string of the molecule is Cl.NCCCCNC(=O)c1nn(-c2ccc(F)c(F)c2)c2c1CCC2. The quantitative estimate of drug-likeness (QED) is 0.767. The molecule has 136 valence electrons. The van der Waals surface area contributed by atoms with Gasteiger partial charge in [-0.15, -0.1) is 12.4 Å². The molecule has 1 aromatic heterocycles. The van der Waals surface area contributed by atoms with Gasteiger partial charge in [0.25, 0.3) is 5.91 Å². The lowest BCUT2D eigenvalue weighted by Crippen LogP contribution is -2.26. The molecule has 1 aliphatic carbocycles. The number of hydrogen-bond donors (Lipinski definition) is 2. The van der Waals surface area contributed by atoms with E-state index >= 15 is 0 Å². The van der Waals surface area contributed by atoms with Gasteiger partial charge >= 0.3 is 0 Å². The number of carbonyl (C=O) groups is 1. The summed E-state index contributed by atoms with van der Waals surface area (Å²) < 4.78 is 28.2. The van der Waals surface area contributed by atoms with E-state index in [1.54, 1.807) is 4.68 Å². The second-order valence-electron chi connectivity index (χ2n) is 5.89. The Morgan fingerprint density at radius 3 is 2.76 bits per heavy atom. The lowest BCUT2D eigenvalue weighted by atomic mass is 10.2. The van der Waals surface area contributed by atoms with E-state index in [-0.39, 0.29) is 18.3 Å². The molecule has 0 spiro atoms. The molecular formula is C17H21ClF2N4O. The van der Waals surface area contributed by atoms with Crippen LogP contribution >= 0.6 is 12.4 Å². The maximum atomic E-state index is 13.5. The molecule has 1 amide bonds. The van der Waals surface area contributed by atoms with Crippen molar-refractivity contribution in [2.45, 2.75) is 32.1 Å². The number of nitrogens with zero attached hydrogens (tertiary/aromatic N) is 2. The fraction of sp³-hybridized carbons (Fsp3) is 0.412. The van der Waals surface area contributed by atoms with Crippen LogP contribution < -0.4 is 11.1 Å². The number of fused-ring (bicyclic) bond motifs is 1. The van der Waals surface area contributed by atoms with Crippen molar-refractivity contribution in [3.05, 3.63) is 46.8 Å². The van der Waals surface area contributed by atoms with E-state index in [9.17, 15) is 13.6 Å². The Hall–Kier alpha value is -1.99. The molecule has 3 rings (SSSR count). The zero-order valence-corrected chi connectivity index (χ0v) is 14.5. The summed E-state index contributed by atoms with van der Waals surface area (Å²) in [5, 5.41) is 7.21. The number of amides is 1. The van der Waals surface area contributed by atoms with Gasteiger partial charge in [-0.2, -0.15) is 5.10 Å². The second kappa shape index (κ2) is 8.40. The van der Waals surface area contributed by atoms with Gasteiger partial charge in [0.1, 0.15) is 0 Å². The van der Waals surface area contributed by atoms with Gasteiger partial charge in [-0.3, -0.25) is 4.79 Å². The average Bonchev–Trinajstić information content (AvgIpc) is 3.16. The van der Waals surface area contributed by atoms with Crippen molar-refractivity contribution in [2.75, 3.05) is 13.1 Å². The van der Waals surface area contributed by atoms with Gasteiger partial charge in [0.15, 0.2) is 17.3 Å². The lowest BCUT2D eigenvalue weighted by Gasteiger charge is -2.06. The van der Waals surface area contributed by atoms with E-state index in [1.807, 2.05) is 0 Å². The summed E-state index contributed by atoms with van der Waals surface area (Å²) in [7, 11) is 0. The number of hydrogen-bond acceptors (Lipinski definition) is 3. The van der Waals surface area contributed by atoms with Gasteiger partial charge in [-0.25, -0.2) is 13.5 Å². The van der Waals surface area contributed by atoms with Crippen molar-refractivity contribution in [3.8, 4) is 5.69 Å². The highest BCUT2D eigenvalue weighted by Crippen LogP contribution is 2.28.